The van der Waals surface area contributed by atoms with Crippen LogP contribution in [0.25, 0.3) is 0 Å². The molecule has 0 aliphatic heterocycles. The number of carbonyl (C=O) groups excluding carboxylic acids is 1. The third-order valence-corrected chi connectivity index (χ3v) is 1.71. The van der Waals surface area contributed by atoms with Crippen LogP contribution in [0.5, 0.6) is 0 Å². The van der Waals surface area contributed by atoms with E-state index in [-0.39, 0.29) is 0 Å². The molecule has 0 bridgehead atoms. The van der Waals surface area contributed by atoms with Gasteiger partial charge in [-0.3, -0.25) is 9.78 Å². The Morgan fingerprint density at radius 1 is 1.50 bits per heavy atom. The lowest BCUT2D eigenvalue weighted by Crippen LogP contribution is -2.11. The van der Waals surface area contributed by atoms with Crippen LogP contribution in [0.4, 0.5) is 0 Å². The zero-order chi connectivity index (χ0) is 12.0. The summed E-state index contributed by atoms with van der Waals surface area (Å²) in [4.78, 5) is 14.7. The fourth-order valence-electron chi connectivity index (χ4n) is 0.913. The molecule has 80 valence electrons. The Kier molecular flexibility index (Phi) is 3.81. The van der Waals surface area contributed by atoms with E-state index in [0.717, 1.165) is 6.21 Å². The Labute approximate surface area is 92.7 Å². The third kappa shape index (κ3) is 2.96. The van der Waals surface area contributed by atoms with Gasteiger partial charge in [0.2, 0.25) is 5.91 Å². The molecule has 1 amide bonds. The van der Waals surface area contributed by atoms with Gasteiger partial charge in [0.15, 0.2) is 0 Å². The molecule has 0 aromatic carbocycles. The first-order valence-corrected chi connectivity index (χ1v) is 4.36. The SMILES string of the molecule is N=CC(C#Cc1cncc(C(N)=O)c1)=CN. The molecule has 5 nitrogen and oxygen atoms in total. The first kappa shape index (κ1) is 11.5. The van der Waals surface area contributed by atoms with Gasteiger partial charge in [0.1, 0.15) is 0 Å². The minimum atomic E-state index is -0.558. The van der Waals surface area contributed by atoms with Gasteiger partial charge in [-0.25, -0.2) is 0 Å². The zero-order valence-electron chi connectivity index (χ0n) is 8.40. The first-order chi connectivity index (χ1) is 7.67. The summed E-state index contributed by atoms with van der Waals surface area (Å²) in [5.74, 6) is 4.82. The summed E-state index contributed by atoms with van der Waals surface area (Å²) in [6.45, 7) is 0. The summed E-state index contributed by atoms with van der Waals surface area (Å²) in [6, 6.07) is 1.53. The second-order valence-corrected chi connectivity index (χ2v) is 2.84. The number of allylic oxidation sites excluding steroid dienone is 1. The van der Waals surface area contributed by atoms with Crippen LogP contribution < -0.4 is 11.5 Å². The van der Waals surface area contributed by atoms with Crippen molar-refractivity contribution in [3.63, 3.8) is 0 Å². The molecule has 1 aromatic rings. The maximum absolute atomic E-state index is 10.9. The monoisotopic (exact) mass is 214 g/mol. The molecule has 0 aliphatic carbocycles. The van der Waals surface area contributed by atoms with Crippen molar-refractivity contribution in [3.05, 3.63) is 41.4 Å². The fourth-order valence-corrected chi connectivity index (χ4v) is 0.913. The third-order valence-electron chi connectivity index (χ3n) is 1.71. The highest BCUT2D eigenvalue weighted by Gasteiger charge is 1.99. The van der Waals surface area contributed by atoms with Crippen molar-refractivity contribution in [2.45, 2.75) is 0 Å². The van der Waals surface area contributed by atoms with Gasteiger partial charge in [0.25, 0.3) is 0 Å². The van der Waals surface area contributed by atoms with Crippen LogP contribution in [0.1, 0.15) is 15.9 Å². The average Bonchev–Trinajstić information content (AvgIpc) is 2.31. The molecule has 0 spiro atoms. The number of nitrogens with two attached hydrogens (primary N) is 2. The molecule has 0 atom stereocenters. The summed E-state index contributed by atoms with van der Waals surface area (Å²) in [7, 11) is 0. The molecule has 0 radical (unpaired) electrons. The molecule has 0 saturated carbocycles. The Balaban J connectivity index is 3.02. The van der Waals surface area contributed by atoms with Gasteiger partial charge in [-0.15, -0.1) is 0 Å². The topological polar surface area (TPSA) is 106 Å². The minimum absolute atomic E-state index is 0.292. The molecule has 16 heavy (non-hydrogen) atoms. The van der Waals surface area contributed by atoms with Crippen molar-refractivity contribution >= 4 is 12.1 Å². The highest BCUT2D eigenvalue weighted by Crippen LogP contribution is 2.00. The van der Waals surface area contributed by atoms with E-state index in [2.05, 4.69) is 16.8 Å². The standard InChI is InChI=1S/C11H10N4O/c12-4-9(5-13)2-1-8-3-10(11(14)16)7-15-6-8/h3-7,12H,13H2,(H2,14,16). The number of amides is 1. The van der Waals surface area contributed by atoms with Gasteiger partial charge >= 0.3 is 0 Å². The number of pyridine rings is 1. The van der Waals surface area contributed by atoms with Crippen LogP contribution in [-0.4, -0.2) is 17.1 Å². The molecule has 0 unspecified atom stereocenters. The number of nitrogens with one attached hydrogen (secondary N) is 1. The molecule has 0 saturated heterocycles. The lowest BCUT2D eigenvalue weighted by atomic mass is 10.2. The van der Waals surface area contributed by atoms with Crippen molar-refractivity contribution < 1.29 is 4.79 Å². The van der Waals surface area contributed by atoms with E-state index in [1.807, 2.05) is 0 Å². The van der Waals surface area contributed by atoms with Crippen LogP contribution in [0.15, 0.2) is 30.2 Å². The normalized spacial score (nSPS) is 10.1. The molecule has 0 fully saturated rings. The predicted molar refractivity (Wildman–Crippen MR) is 60.7 cm³/mol. The van der Waals surface area contributed by atoms with E-state index in [1.54, 1.807) is 0 Å². The molecule has 0 aliphatic rings. The second-order valence-electron chi connectivity index (χ2n) is 2.84. The lowest BCUT2D eigenvalue weighted by molar-refractivity contribution is 0.1000. The van der Waals surface area contributed by atoms with Gasteiger partial charge in [-0.1, -0.05) is 11.8 Å². The number of rotatable bonds is 2. The summed E-state index contributed by atoms with van der Waals surface area (Å²) in [5.41, 5.74) is 11.5. The van der Waals surface area contributed by atoms with Gasteiger partial charge in [0, 0.05) is 30.4 Å². The molecule has 5 N–H and O–H groups in total. The van der Waals surface area contributed by atoms with Gasteiger partial charge in [-0.2, -0.15) is 0 Å². The Morgan fingerprint density at radius 2 is 2.25 bits per heavy atom. The number of hydrogen-bond donors (Lipinski definition) is 3. The largest absolute Gasteiger partial charge is 0.404 e. The van der Waals surface area contributed by atoms with Crippen LogP contribution >= 0.6 is 0 Å². The van der Waals surface area contributed by atoms with Crippen LogP contribution in [-0.2, 0) is 0 Å². The molecule has 1 rings (SSSR count). The van der Waals surface area contributed by atoms with Crippen LogP contribution in [0, 0.1) is 17.3 Å². The summed E-state index contributed by atoms with van der Waals surface area (Å²) in [5, 5.41) is 6.97. The smallest absolute Gasteiger partial charge is 0.250 e. The Morgan fingerprint density at radius 3 is 2.81 bits per heavy atom. The number of primary amides is 1. The molecular formula is C11H10N4O. The maximum atomic E-state index is 10.9. The highest BCUT2D eigenvalue weighted by molar-refractivity contribution is 5.92. The fraction of sp³-hybridized carbons (Fsp3) is 0. The minimum Gasteiger partial charge on any atom is -0.404 e. The Bertz CT molecular complexity index is 508. The Hall–Kier alpha value is -2.61. The van der Waals surface area contributed by atoms with E-state index in [4.69, 9.17) is 16.9 Å². The van der Waals surface area contributed by atoms with Gasteiger partial charge < -0.3 is 16.9 Å². The molecule has 5 heteroatoms. The van der Waals surface area contributed by atoms with E-state index in [9.17, 15) is 4.79 Å². The summed E-state index contributed by atoms with van der Waals surface area (Å²) >= 11 is 0. The van der Waals surface area contributed by atoms with E-state index < -0.39 is 5.91 Å². The van der Waals surface area contributed by atoms with Crippen LogP contribution in [0.3, 0.4) is 0 Å². The summed E-state index contributed by atoms with van der Waals surface area (Å²) < 4.78 is 0. The van der Waals surface area contributed by atoms with E-state index in [0.29, 0.717) is 16.7 Å². The van der Waals surface area contributed by atoms with E-state index >= 15 is 0 Å². The lowest BCUT2D eigenvalue weighted by Gasteiger charge is -1.94. The number of hydrogen-bond acceptors (Lipinski definition) is 4. The highest BCUT2D eigenvalue weighted by atomic mass is 16.1. The quantitative estimate of drug-likeness (QED) is 0.477. The number of carbonyl (C=O) groups is 1. The van der Waals surface area contributed by atoms with Crippen molar-refractivity contribution in [3.8, 4) is 11.8 Å². The van der Waals surface area contributed by atoms with E-state index in [1.165, 1.54) is 24.7 Å². The maximum Gasteiger partial charge on any atom is 0.250 e. The van der Waals surface area contributed by atoms with Crippen LogP contribution in [0.2, 0.25) is 0 Å². The predicted octanol–water partition coefficient (Wildman–Crippen LogP) is 0.0242. The van der Waals surface area contributed by atoms with Crippen molar-refractivity contribution in [1.29, 1.82) is 5.41 Å². The second kappa shape index (κ2) is 5.32. The molecule has 1 aromatic heterocycles. The van der Waals surface area contributed by atoms with Crippen molar-refractivity contribution in [2.75, 3.05) is 0 Å². The van der Waals surface area contributed by atoms with Crippen molar-refractivity contribution in [1.82, 2.24) is 4.98 Å². The molecular weight excluding hydrogens is 204 g/mol. The number of nitrogens with zero attached hydrogens (tertiary/aromatic N) is 1. The first-order valence-electron chi connectivity index (χ1n) is 4.36. The van der Waals surface area contributed by atoms with Gasteiger partial charge in [-0.05, 0) is 6.07 Å². The zero-order valence-corrected chi connectivity index (χ0v) is 8.40. The van der Waals surface area contributed by atoms with Gasteiger partial charge in [0.05, 0.1) is 11.1 Å². The number of aromatic nitrogens is 1. The summed E-state index contributed by atoms with van der Waals surface area (Å²) in [6.07, 6.45) is 5.13. The molecule has 1 heterocycles. The van der Waals surface area contributed by atoms with Crippen molar-refractivity contribution in [2.24, 2.45) is 11.5 Å². The average molecular weight is 214 g/mol.